The van der Waals surface area contributed by atoms with Crippen LogP contribution in [0, 0.1) is 0 Å². The van der Waals surface area contributed by atoms with Gasteiger partial charge in [-0.3, -0.25) is 9.59 Å². The van der Waals surface area contributed by atoms with Crippen LogP contribution >= 0.6 is 0 Å². The third-order valence-corrected chi connectivity index (χ3v) is 3.66. The summed E-state index contributed by atoms with van der Waals surface area (Å²) in [6.07, 6.45) is -0.372. The molecule has 0 aliphatic heterocycles. The Morgan fingerprint density at radius 1 is 1.00 bits per heavy atom. The molecule has 0 fully saturated rings. The Morgan fingerprint density at radius 3 is 2.26 bits per heavy atom. The minimum Gasteiger partial charge on any atom is -0.479 e. The fraction of sp³-hybridized carbons (Fsp3) is 0.250. The number of hydrogen-bond acceptors (Lipinski definition) is 5. The summed E-state index contributed by atoms with van der Waals surface area (Å²) in [6.45, 7) is 1.37. The highest BCUT2D eigenvalue weighted by molar-refractivity contribution is 5.96. The van der Waals surface area contributed by atoms with E-state index < -0.39 is 24.6 Å². The second kappa shape index (κ2) is 9.96. The van der Waals surface area contributed by atoms with Crippen LogP contribution in [0.5, 0.6) is 5.75 Å². The molecule has 0 saturated heterocycles. The summed E-state index contributed by atoms with van der Waals surface area (Å²) in [5.74, 6) is -0.745. The van der Waals surface area contributed by atoms with Crippen molar-refractivity contribution in [2.75, 3.05) is 19.0 Å². The number of benzene rings is 2. The molecule has 0 saturated carbocycles. The van der Waals surface area contributed by atoms with Crippen LogP contribution in [0.25, 0.3) is 0 Å². The second-order valence-electron chi connectivity index (χ2n) is 5.64. The van der Waals surface area contributed by atoms with Crippen LogP contribution in [0.1, 0.15) is 23.7 Å². The predicted molar refractivity (Wildman–Crippen MR) is 101 cm³/mol. The molecule has 7 heteroatoms. The van der Waals surface area contributed by atoms with Crippen molar-refractivity contribution in [2.24, 2.45) is 0 Å². The molecule has 0 radical (unpaired) electrons. The summed E-state index contributed by atoms with van der Waals surface area (Å²) in [5, 5.41) is 5.11. The Hall–Kier alpha value is -3.35. The van der Waals surface area contributed by atoms with E-state index in [-0.39, 0.29) is 5.91 Å². The van der Waals surface area contributed by atoms with Crippen molar-refractivity contribution in [2.45, 2.75) is 19.4 Å². The van der Waals surface area contributed by atoms with Gasteiger partial charge in [0.25, 0.3) is 11.8 Å². The minimum atomic E-state index is -0.785. The van der Waals surface area contributed by atoms with Crippen LogP contribution in [0.2, 0.25) is 0 Å². The molecular formula is C20H22N2O5. The van der Waals surface area contributed by atoms with E-state index in [0.717, 1.165) is 0 Å². The standard InChI is InChI=1S/C20H22N2O5/c1-3-17(27-16-7-5-4-6-8-16)20(25)26-13-18(23)22-15-11-9-14(10-12-15)19(24)21-2/h4-12,17H,3,13H2,1-2H3,(H,21,24)(H,22,23)/t17-/m0/s1. The highest BCUT2D eigenvalue weighted by Crippen LogP contribution is 2.13. The maximum atomic E-state index is 12.1. The van der Waals surface area contributed by atoms with Gasteiger partial charge in [0.1, 0.15) is 5.75 Å². The zero-order valence-electron chi connectivity index (χ0n) is 15.2. The van der Waals surface area contributed by atoms with Gasteiger partial charge in [0.05, 0.1) is 0 Å². The van der Waals surface area contributed by atoms with Gasteiger partial charge in [0.15, 0.2) is 12.7 Å². The number of carbonyl (C=O) groups is 3. The van der Waals surface area contributed by atoms with E-state index in [1.807, 2.05) is 6.07 Å². The van der Waals surface area contributed by atoms with E-state index >= 15 is 0 Å². The van der Waals surface area contributed by atoms with Gasteiger partial charge in [-0.05, 0) is 42.8 Å². The Balaban J connectivity index is 1.83. The van der Waals surface area contributed by atoms with Gasteiger partial charge >= 0.3 is 5.97 Å². The molecule has 142 valence electrons. The quantitative estimate of drug-likeness (QED) is 0.696. The van der Waals surface area contributed by atoms with Crippen molar-refractivity contribution in [3.05, 3.63) is 60.2 Å². The molecule has 0 aromatic heterocycles. The molecule has 2 rings (SSSR count). The first-order valence-corrected chi connectivity index (χ1v) is 8.53. The molecule has 0 heterocycles. The average molecular weight is 370 g/mol. The molecule has 0 aliphatic carbocycles. The fourth-order valence-electron chi connectivity index (χ4n) is 2.24. The van der Waals surface area contributed by atoms with Crippen molar-refractivity contribution in [3.8, 4) is 5.75 Å². The fourth-order valence-corrected chi connectivity index (χ4v) is 2.24. The average Bonchev–Trinajstić information content (AvgIpc) is 2.71. The lowest BCUT2D eigenvalue weighted by atomic mass is 10.2. The summed E-state index contributed by atoms with van der Waals surface area (Å²) in [4.78, 5) is 35.5. The summed E-state index contributed by atoms with van der Waals surface area (Å²) >= 11 is 0. The molecule has 2 aromatic rings. The number of ether oxygens (including phenoxy) is 2. The molecule has 0 unspecified atom stereocenters. The number of para-hydroxylation sites is 1. The zero-order valence-corrected chi connectivity index (χ0v) is 15.2. The van der Waals surface area contributed by atoms with Gasteiger partial charge in [-0.15, -0.1) is 0 Å². The summed E-state index contributed by atoms with van der Waals surface area (Å²) in [5.41, 5.74) is 0.974. The van der Waals surface area contributed by atoms with Gasteiger partial charge in [0, 0.05) is 18.3 Å². The number of carbonyl (C=O) groups excluding carboxylic acids is 3. The molecule has 0 aliphatic rings. The summed E-state index contributed by atoms with van der Waals surface area (Å²) in [7, 11) is 1.54. The van der Waals surface area contributed by atoms with Crippen molar-refractivity contribution < 1.29 is 23.9 Å². The van der Waals surface area contributed by atoms with Crippen molar-refractivity contribution in [3.63, 3.8) is 0 Å². The van der Waals surface area contributed by atoms with Crippen LogP contribution < -0.4 is 15.4 Å². The molecule has 7 nitrogen and oxygen atoms in total. The molecular weight excluding hydrogens is 348 g/mol. The van der Waals surface area contributed by atoms with Crippen LogP contribution in [-0.4, -0.2) is 37.5 Å². The van der Waals surface area contributed by atoms with E-state index in [1.54, 1.807) is 55.5 Å². The smallest absolute Gasteiger partial charge is 0.347 e. The lowest BCUT2D eigenvalue weighted by Crippen LogP contribution is -2.31. The van der Waals surface area contributed by atoms with Crippen molar-refractivity contribution in [1.82, 2.24) is 5.32 Å². The molecule has 1 atom stereocenters. The van der Waals surface area contributed by atoms with Gasteiger partial charge in [0.2, 0.25) is 0 Å². The molecule has 2 amide bonds. The molecule has 0 bridgehead atoms. The summed E-state index contributed by atoms with van der Waals surface area (Å²) < 4.78 is 10.6. The predicted octanol–water partition coefficient (Wildman–Crippen LogP) is 2.39. The Labute approximate surface area is 157 Å². The minimum absolute atomic E-state index is 0.217. The number of hydrogen-bond donors (Lipinski definition) is 2. The molecule has 0 spiro atoms. The third-order valence-electron chi connectivity index (χ3n) is 3.66. The Kier molecular flexibility index (Phi) is 7.37. The van der Waals surface area contributed by atoms with E-state index in [0.29, 0.717) is 23.4 Å². The monoisotopic (exact) mass is 370 g/mol. The van der Waals surface area contributed by atoms with E-state index in [2.05, 4.69) is 10.6 Å². The van der Waals surface area contributed by atoms with Crippen molar-refractivity contribution in [1.29, 1.82) is 0 Å². The van der Waals surface area contributed by atoms with Crippen LogP contribution in [0.15, 0.2) is 54.6 Å². The lowest BCUT2D eigenvalue weighted by molar-refractivity contribution is -0.154. The first-order chi connectivity index (χ1) is 13.0. The maximum absolute atomic E-state index is 12.1. The number of nitrogens with one attached hydrogen (secondary N) is 2. The number of esters is 1. The van der Waals surface area contributed by atoms with E-state index in [9.17, 15) is 14.4 Å². The second-order valence-corrected chi connectivity index (χ2v) is 5.64. The van der Waals surface area contributed by atoms with Crippen molar-refractivity contribution >= 4 is 23.5 Å². The zero-order chi connectivity index (χ0) is 19.6. The highest BCUT2D eigenvalue weighted by atomic mass is 16.6. The Morgan fingerprint density at radius 2 is 1.67 bits per heavy atom. The van der Waals surface area contributed by atoms with Crippen LogP contribution in [0.3, 0.4) is 0 Å². The van der Waals surface area contributed by atoms with E-state index in [4.69, 9.17) is 9.47 Å². The van der Waals surface area contributed by atoms with Crippen LogP contribution in [0.4, 0.5) is 5.69 Å². The van der Waals surface area contributed by atoms with Gasteiger partial charge in [-0.1, -0.05) is 25.1 Å². The van der Waals surface area contributed by atoms with Gasteiger partial charge in [-0.25, -0.2) is 4.79 Å². The largest absolute Gasteiger partial charge is 0.479 e. The molecule has 2 aromatic carbocycles. The SMILES string of the molecule is CC[C@H](Oc1ccccc1)C(=O)OCC(=O)Nc1ccc(C(=O)NC)cc1. The third kappa shape index (κ3) is 6.14. The number of anilines is 1. The topological polar surface area (TPSA) is 93.7 Å². The van der Waals surface area contributed by atoms with Gasteiger partial charge in [-0.2, -0.15) is 0 Å². The molecule has 27 heavy (non-hydrogen) atoms. The maximum Gasteiger partial charge on any atom is 0.347 e. The first kappa shape index (κ1) is 20.0. The lowest BCUT2D eigenvalue weighted by Gasteiger charge is -2.16. The Bertz CT molecular complexity index is 775. The summed E-state index contributed by atoms with van der Waals surface area (Å²) in [6, 6.07) is 15.3. The van der Waals surface area contributed by atoms with Crippen LogP contribution in [-0.2, 0) is 14.3 Å². The first-order valence-electron chi connectivity index (χ1n) is 8.53. The molecule has 2 N–H and O–H groups in total. The van der Waals surface area contributed by atoms with E-state index in [1.165, 1.54) is 7.05 Å². The number of rotatable bonds is 8. The number of amides is 2. The normalized spacial score (nSPS) is 11.2. The van der Waals surface area contributed by atoms with Gasteiger partial charge < -0.3 is 20.1 Å². The highest BCUT2D eigenvalue weighted by Gasteiger charge is 2.21.